The van der Waals surface area contributed by atoms with Gasteiger partial charge in [0, 0.05) is 12.3 Å². The summed E-state index contributed by atoms with van der Waals surface area (Å²) in [7, 11) is 0. The van der Waals surface area contributed by atoms with Crippen molar-refractivity contribution in [3.63, 3.8) is 0 Å². The van der Waals surface area contributed by atoms with Gasteiger partial charge in [-0.3, -0.25) is 9.59 Å². The van der Waals surface area contributed by atoms with Gasteiger partial charge >= 0.3 is 17.9 Å². The highest BCUT2D eigenvalue weighted by Gasteiger charge is 2.41. The van der Waals surface area contributed by atoms with Crippen LogP contribution >= 0.6 is 0 Å². The topological polar surface area (TPSA) is 141 Å². The summed E-state index contributed by atoms with van der Waals surface area (Å²) in [5, 5.41) is 12.5. The number of esters is 3. The molecule has 1 amide bonds. The smallest absolute Gasteiger partial charge is 0.332 e. The maximum absolute atomic E-state index is 12.9. The number of aromatic nitrogens is 1. The van der Waals surface area contributed by atoms with Crippen molar-refractivity contribution in [2.75, 3.05) is 6.61 Å². The minimum atomic E-state index is -1.36. The molecule has 0 radical (unpaired) electrons. The van der Waals surface area contributed by atoms with Crippen molar-refractivity contribution < 1.29 is 38.5 Å². The van der Waals surface area contributed by atoms with E-state index in [0.29, 0.717) is 12.0 Å². The lowest BCUT2D eigenvalue weighted by atomic mass is 9.95. The lowest BCUT2D eigenvalue weighted by molar-refractivity contribution is -0.171. The fourth-order valence-electron chi connectivity index (χ4n) is 3.78. The standard InChI is InChI=1S/C27H36N2O8/c1-7-19-24(37-21(30)13-16(4)10-8-9-15(2)3)18(6)36-27(34)20(14-35-26(19)33)29-25(32)22-23(31)17(5)11-12-28-22/h9,11-13,18-20,24,31H,7-8,10,14H2,1-6H3,(H,29,32)/b16-13+/t18-,19+,20-,24-/m0/s1. The average molecular weight is 517 g/mol. The van der Waals surface area contributed by atoms with E-state index in [2.05, 4.69) is 16.4 Å². The van der Waals surface area contributed by atoms with Gasteiger partial charge in [-0.15, -0.1) is 0 Å². The zero-order chi connectivity index (χ0) is 27.7. The number of allylic oxidation sites excluding steroid dienone is 3. The monoisotopic (exact) mass is 516 g/mol. The fourth-order valence-corrected chi connectivity index (χ4v) is 3.78. The van der Waals surface area contributed by atoms with Crippen LogP contribution in [0.15, 0.2) is 35.6 Å². The first kappa shape index (κ1) is 29.5. The van der Waals surface area contributed by atoms with Crippen LogP contribution in [0.1, 0.15) is 69.9 Å². The van der Waals surface area contributed by atoms with E-state index in [0.717, 1.165) is 12.0 Å². The van der Waals surface area contributed by atoms with E-state index in [1.54, 1.807) is 13.8 Å². The Hall–Kier alpha value is -3.69. The van der Waals surface area contributed by atoms with Crippen molar-refractivity contribution >= 4 is 23.8 Å². The Morgan fingerprint density at radius 3 is 2.59 bits per heavy atom. The summed E-state index contributed by atoms with van der Waals surface area (Å²) >= 11 is 0. The van der Waals surface area contributed by atoms with Crippen LogP contribution in [-0.4, -0.2) is 58.8 Å². The van der Waals surface area contributed by atoms with Crippen molar-refractivity contribution in [3.05, 3.63) is 46.8 Å². The van der Waals surface area contributed by atoms with Gasteiger partial charge in [-0.25, -0.2) is 14.6 Å². The normalized spacial score (nSPS) is 22.5. The Morgan fingerprint density at radius 1 is 1.24 bits per heavy atom. The van der Waals surface area contributed by atoms with Crippen molar-refractivity contribution in [3.8, 4) is 5.75 Å². The second-order valence-corrected chi connectivity index (χ2v) is 9.35. The number of hydrogen-bond acceptors (Lipinski definition) is 9. The van der Waals surface area contributed by atoms with Gasteiger partial charge in [0.2, 0.25) is 0 Å². The molecular weight excluding hydrogens is 480 g/mol. The summed E-state index contributed by atoms with van der Waals surface area (Å²) in [6, 6.07) is 0.167. The molecule has 0 aromatic carbocycles. The summed E-state index contributed by atoms with van der Waals surface area (Å²) < 4.78 is 16.4. The van der Waals surface area contributed by atoms with Gasteiger partial charge in [-0.05, 0) is 65.5 Å². The first-order chi connectivity index (χ1) is 17.4. The molecule has 2 heterocycles. The van der Waals surface area contributed by atoms with Gasteiger partial charge in [0.1, 0.15) is 18.5 Å². The number of aryl methyl sites for hydroxylation is 1. The second-order valence-electron chi connectivity index (χ2n) is 9.35. The molecule has 1 aliphatic rings. The quantitative estimate of drug-likeness (QED) is 0.230. The number of nitrogens with zero attached hydrogens (tertiary/aromatic N) is 1. The van der Waals surface area contributed by atoms with E-state index in [9.17, 15) is 24.3 Å². The molecule has 10 heteroatoms. The molecule has 1 saturated heterocycles. The molecule has 1 fully saturated rings. The highest BCUT2D eigenvalue weighted by Crippen LogP contribution is 2.24. The van der Waals surface area contributed by atoms with Crippen molar-refractivity contribution in [2.45, 2.75) is 79.1 Å². The third kappa shape index (κ3) is 8.44. The third-order valence-corrected chi connectivity index (χ3v) is 5.93. The highest BCUT2D eigenvalue weighted by molar-refractivity contribution is 5.97. The molecular formula is C27H36N2O8. The van der Waals surface area contributed by atoms with Crippen LogP contribution < -0.4 is 5.32 Å². The Morgan fingerprint density at radius 2 is 1.95 bits per heavy atom. The molecule has 202 valence electrons. The predicted molar refractivity (Wildman–Crippen MR) is 134 cm³/mol. The van der Waals surface area contributed by atoms with Gasteiger partial charge in [0.05, 0.1) is 5.92 Å². The van der Waals surface area contributed by atoms with Crippen molar-refractivity contribution in [1.82, 2.24) is 10.3 Å². The Labute approximate surface area is 217 Å². The Bertz CT molecular complexity index is 1070. The number of rotatable bonds is 8. The fraction of sp³-hybridized carbons (Fsp3) is 0.519. The summed E-state index contributed by atoms with van der Waals surface area (Å²) in [6.45, 7) is 10.1. The molecule has 2 rings (SSSR count). The molecule has 2 N–H and O–H groups in total. The summed E-state index contributed by atoms with van der Waals surface area (Å²) in [4.78, 5) is 54.9. The SMILES string of the molecule is CC[C@H]1C(=O)OC[C@H](NC(=O)c2nccc(C)c2O)C(=O)O[C@@H](C)[C@@H]1OC(=O)/C=C(\C)CCC=C(C)C. The zero-order valence-electron chi connectivity index (χ0n) is 22.2. The van der Waals surface area contributed by atoms with Gasteiger partial charge < -0.3 is 24.6 Å². The van der Waals surface area contributed by atoms with Crippen molar-refractivity contribution in [2.24, 2.45) is 5.92 Å². The van der Waals surface area contributed by atoms with Gasteiger partial charge in [0.15, 0.2) is 17.8 Å². The van der Waals surface area contributed by atoms with E-state index in [-0.39, 0.29) is 17.9 Å². The first-order valence-corrected chi connectivity index (χ1v) is 12.3. The van der Waals surface area contributed by atoms with E-state index >= 15 is 0 Å². The van der Waals surface area contributed by atoms with Gasteiger partial charge in [-0.1, -0.05) is 24.1 Å². The molecule has 0 saturated carbocycles. The predicted octanol–water partition coefficient (Wildman–Crippen LogP) is 3.31. The van der Waals surface area contributed by atoms with Crippen LogP contribution in [0.3, 0.4) is 0 Å². The molecule has 0 unspecified atom stereocenters. The minimum absolute atomic E-state index is 0.264. The van der Waals surface area contributed by atoms with Crippen LogP contribution in [0.5, 0.6) is 5.75 Å². The zero-order valence-corrected chi connectivity index (χ0v) is 22.2. The number of aromatic hydroxyl groups is 1. The van der Waals surface area contributed by atoms with Crippen LogP contribution in [0, 0.1) is 12.8 Å². The number of amides is 1. The van der Waals surface area contributed by atoms with E-state index < -0.39 is 54.6 Å². The largest absolute Gasteiger partial charge is 0.505 e. The van der Waals surface area contributed by atoms with Crippen LogP contribution in [-0.2, 0) is 28.6 Å². The number of cyclic esters (lactones) is 2. The second kappa shape index (κ2) is 13.6. The maximum atomic E-state index is 12.9. The highest BCUT2D eigenvalue weighted by atomic mass is 16.6. The van der Waals surface area contributed by atoms with Gasteiger partial charge in [0.25, 0.3) is 5.91 Å². The minimum Gasteiger partial charge on any atom is -0.505 e. The summed E-state index contributed by atoms with van der Waals surface area (Å²) in [5.41, 5.74) is 2.13. The molecule has 10 nitrogen and oxygen atoms in total. The summed E-state index contributed by atoms with van der Waals surface area (Å²) in [5.74, 6) is -4.28. The van der Waals surface area contributed by atoms with E-state index in [4.69, 9.17) is 14.2 Å². The molecule has 1 aliphatic heterocycles. The molecule has 0 spiro atoms. The average Bonchev–Trinajstić information content (AvgIpc) is 2.85. The first-order valence-electron chi connectivity index (χ1n) is 12.3. The number of nitrogens with one attached hydrogen (secondary N) is 1. The lowest BCUT2D eigenvalue weighted by Gasteiger charge is -2.28. The lowest BCUT2D eigenvalue weighted by Crippen LogP contribution is -2.46. The van der Waals surface area contributed by atoms with E-state index in [1.807, 2.05) is 20.8 Å². The Kier molecular flexibility index (Phi) is 10.8. The number of carbonyl (C=O) groups is 4. The molecule has 0 bridgehead atoms. The number of ether oxygens (including phenoxy) is 3. The number of hydrogen-bond donors (Lipinski definition) is 2. The third-order valence-electron chi connectivity index (χ3n) is 5.93. The van der Waals surface area contributed by atoms with Gasteiger partial charge in [-0.2, -0.15) is 0 Å². The molecule has 1 aromatic heterocycles. The molecule has 0 aliphatic carbocycles. The summed E-state index contributed by atoms with van der Waals surface area (Å²) in [6.07, 6.45) is 4.39. The van der Waals surface area contributed by atoms with Crippen LogP contribution in [0.4, 0.5) is 0 Å². The molecule has 1 aromatic rings. The maximum Gasteiger partial charge on any atom is 0.332 e. The number of pyridine rings is 1. The van der Waals surface area contributed by atoms with Crippen LogP contribution in [0.2, 0.25) is 0 Å². The Balaban J connectivity index is 2.18. The van der Waals surface area contributed by atoms with Crippen LogP contribution in [0.25, 0.3) is 0 Å². The van der Waals surface area contributed by atoms with E-state index in [1.165, 1.54) is 30.8 Å². The number of carbonyl (C=O) groups excluding carboxylic acids is 4. The van der Waals surface area contributed by atoms with Crippen molar-refractivity contribution in [1.29, 1.82) is 0 Å². The molecule has 4 atom stereocenters. The molecule has 37 heavy (non-hydrogen) atoms.